The molecule has 5 N–H and O–H groups in total. The third kappa shape index (κ3) is 12.3. The van der Waals surface area contributed by atoms with Crippen LogP contribution in [0.25, 0.3) is 22.4 Å². The van der Waals surface area contributed by atoms with Crippen LogP contribution in [-0.2, 0) is 19.7 Å². The van der Waals surface area contributed by atoms with E-state index >= 15 is 0 Å². The van der Waals surface area contributed by atoms with Crippen molar-refractivity contribution < 1.29 is 37.2 Å². The van der Waals surface area contributed by atoms with Crippen molar-refractivity contribution in [3.8, 4) is 28.3 Å². The Labute approximate surface area is 318 Å². The van der Waals surface area contributed by atoms with Crippen molar-refractivity contribution >= 4 is 39.9 Å². The fourth-order valence-corrected chi connectivity index (χ4v) is 6.10. The molecule has 14 nitrogen and oxygen atoms in total. The van der Waals surface area contributed by atoms with Gasteiger partial charge in [-0.15, -0.1) is 0 Å². The quantitative estimate of drug-likeness (QED) is 0.0292. The Bertz CT molecular complexity index is 2140. The lowest BCUT2D eigenvalue weighted by Crippen LogP contribution is -2.48. The maximum absolute atomic E-state index is 12.9. The first-order valence-electron chi connectivity index (χ1n) is 17.4. The zero-order valence-electron chi connectivity index (χ0n) is 29.7. The lowest BCUT2D eigenvalue weighted by Gasteiger charge is -2.17. The minimum atomic E-state index is -4.45. The number of nitrogens with one attached hydrogen (secondary N) is 3. The molecular formula is C40H40N6O8S. The predicted octanol–water partition coefficient (Wildman–Crippen LogP) is 5.83. The van der Waals surface area contributed by atoms with Gasteiger partial charge in [-0.2, -0.15) is 13.5 Å². The summed E-state index contributed by atoms with van der Waals surface area (Å²) in [7, 11) is -4.45. The maximum atomic E-state index is 12.9. The molecule has 0 radical (unpaired) electrons. The van der Waals surface area contributed by atoms with Gasteiger partial charge in [0, 0.05) is 29.9 Å². The number of ether oxygens (including phenoxy) is 1. The molecule has 55 heavy (non-hydrogen) atoms. The second kappa shape index (κ2) is 19.6. The van der Waals surface area contributed by atoms with Crippen LogP contribution >= 0.6 is 0 Å². The summed E-state index contributed by atoms with van der Waals surface area (Å²) in [4.78, 5) is 45.7. The fourth-order valence-electron chi connectivity index (χ4n) is 5.44. The van der Waals surface area contributed by atoms with Gasteiger partial charge in [-0.3, -0.25) is 24.4 Å². The van der Waals surface area contributed by atoms with Crippen LogP contribution in [-0.4, -0.2) is 71.2 Å². The summed E-state index contributed by atoms with van der Waals surface area (Å²) in [6.45, 7) is 0.757. The topological polar surface area (TPSA) is 209 Å². The number of rotatable bonds is 19. The summed E-state index contributed by atoms with van der Waals surface area (Å²) in [5.41, 5.74) is 6.67. The maximum Gasteiger partial charge on any atom is 0.305 e. The Morgan fingerprint density at radius 3 is 2.20 bits per heavy atom. The van der Waals surface area contributed by atoms with Crippen molar-refractivity contribution in [2.24, 2.45) is 5.10 Å². The van der Waals surface area contributed by atoms with E-state index in [-0.39, 0.29) is 21.8 Å². The largest absolute Gasteiger partial charge is 0.481 e. The molecule has 2 aromatic heterocycles. The number of hydrazone groups is 1. The van der Waals surface area contributed by atoms with Gasteiger partial charge in [0.15, 0.2) is 0 Å². The minimum Gasteiger partial charge on any atom is -0.481 e. The second-order valence-electron chi connectivity index (χ2n) is 12.3. The van der Waals surface area contributed by atoms with Crippen molar-refractivity contribution in [1.82, 2.24) is 20.6 Å². The molecule has 3 aromatic carbocycles. The van der Waals surface area contributed by atoms with E-state index in [1.54, 1.807) is 6.07 Å². The monoisotopic (exact) mass is 764 g/mol. The molecule has 0 fully saturated rings. The van der Waals surface area contributed by atoms with Gasteiger partial charge in [0.25, 0.3) is 16.0 Å². The third-order valence-corrected chi connectivity index (χ3v) is 9.13. The summed E-state index contributed by atoms with van der Waals surface area (Å²) < 4.78 is 38.5. The molecule has 15 heteroatoms. The van der Waals surface area contributed by atoms with Gasteiger partial charge in [0.2, 0.25) is 11.8 Å². The molecule has 0 aliphatic carbocycles. The normalized spacial score (nSPS) is 11.8. The van der Waals surface area contributed by atoms with Crippen LogP contribution < -0.4 is 20.8 Å². The van der Waals surface area contributed by atoms with Gasteiger partial charge in [-0.1, -0.05) is 91.7 Å². The zero-order valence-corrected chi connectivity index (χ0v) is 30.5. The number of hydrogen-bond donors (Lipinski definition) is 5. The first-order valence-corrected chi connectivity index (χ1v) is 18.9. The molecule has 1 unspecified atom stereocenters. The van der Waals surface area contributed by atoms with Crippen molar-refractivity contribution in [2.45, 2.75) is 43.0 Å². The molecule has 1 atom stereocenters. The smallest absolute Gasteiger partial charge is 0.305 e. The highest BCUT2D eigenvalue weighted by Crippen LogP contribution is 2.29. The van der Waals surface area contributed by atoms with Crippen LogP contribution in [0.2, 0.25) is 0 Å². The summed E-state index contributed by atoms with van der Waals surface area (Å²) in [6, 6.07) is 31.1. The number of nitrogens with zero attached hydrogens (tertiary/aromatic N) is 3. The van der Waals surface area contributed by atoms with Gasteiger partial charge in [0.05, 0.1) is 30.5 Å². The minimum absolute atomic E-state index is 0.0648. The molecule has 2 heterocycles. The van der Waals surface area contributed by atoms with Crippen molar-refractivity contribution in [1.29, 1.82) is 0 Å². The van der Waals surface area contributed by atoms with Gasteiger partial charge in [0.1, 0.15) is 16.8 Å². The summed E-state index contributed by atoms with van der Waals surface area (Å²) in [6.07, 6.45) is 4.79. The number of aromatic nitrogens is 2. The molecule has 0 aliphatic rings. The van der Waals surface area contributed by atoms with Gasteiger partial charge < -0.3 is 20.5 Å². The fraction of sp³-hybridized carbons (Fsp3) is 0.200. The van der Waals surface area contributed by atoms with E-state index < -0.39 is 40.4 Å². The Morgan fingerprint density at radius 1 is 0.818 bits per heavy atom. The van der Waals surface area contributed by atoms with E-state index in [0.717, 1.165) is 41.6 Å². The molecular weight excluding hydrogens is 725 g/mol. The highest BCUT2D eigenvalue weighted by Gasteiger charge is 2.24. The first kappa shape index (κ1) is 39.8. The summed E-state index contributed by atoms with van der Waals surface area (Å²) >= 11 is 0. The third-order valence-electron chi connectivity index (χ3n) is 8.20. The molecule has 5 rings (SSSR count). The summed E-state index contributed by atoms with van der Waals surface area (Å²) in [5, 5.41) is 18.5. The molecule has 2 amide bonds. The zero-order chi connectivity index (χ0) is 39.0. The highest BCUT2D eigenvalue weighted by molar-refractivity contribution is 7.86. The van der Waals surface area contributed by atoms with Crippen molar-refractivity contribution in [3.05, 3.63) is 127 Å². The van der Waals surface area contributed by atoms with E-state index in [4.69, 9.17) is 9.72 Å². The van der Waals surface area contributed by atoms with Crippen LogP contribution in [0.15, 0.2) is 125 Å². The lowest BCUT2D eigenvalue weighted by atomic mass is 10.0. The number of aliphatic carboxylic acids is 1. The number of amides is 2. The standard InChI is InChI=1S/C40H40N6O8S/c47-38(48)25-34(45-39(49)31-19-20-36(42-26-31)46-43-27-30-17-9-10-18-35(30)55(51,52)53)40(50)41-21-11-1-2-12-22-54-37-24-32(28-13-5-3-6-14-28)23-33(44-37)29-15-7-4-8-16-29/h3-10,13-20,23-24,26-27,34H,1-2,11-12,21-22,25H2,(H,41,50)(H,42,46)(H,45,49)(H,47,48)(H,51,52,53)/b43-27+. The number of carboxylic acid groups (broad SMARTS) is 1. The van der Waals surface area contributed by atoms with Gasteiger partial charge in [-0.25, -0.2) is 9.97 Å². The molecule has 0 aliphatic heterocycles. The van der Waals surface area contributed by atoms with Crippen LogP contribution in [0.1, 0.15) is 48.0 Å². The lowest BCUT2D eigenvalue weighted by molar-refractivity contribution is -0.139. The van der Waals surface area contributed by atoms with Gasteiger partial charge >= 0.3 is 5.97 Å². The molecule has 0 bridgehead atoms. The van der Waals surface area contributed by atoms with Crippen LogP contribution in [0.4, 0.5) is 5.82 Å². The Morgan fingerprint density at radius 2 is 1.51 bits per heavy atom. The molecule has 0 saturated heterocycles. The Balaban J connectivity index is 1.05. The number of carbonyl (C=O) groups excluding carboxylic acids is 2. The van der Waals surface area contributed by atoms with Crippen LogP contribution in [0.5, 0.6) is 5.88 Å². The van der Waals surface area contributed by atoms with Gasteiger partial charge in [-0.05, 0) is 48.2 Å². The van der Waals surface area contributed by atoms with Crippen molar-refractivity contribution in [2.75, 3.05) is 18.6 Å². The number of carboxylic acids is 1. The predicted molar refractivity (Wildman–Crippen MR) is 207 cm³/mol. The van der Waals surface area contributed by atoms with E-state index in [9.17, 15) is 32.5 Å². The number of unbranched alkanes of at least 4 members (excludes halogenated alkanes) is 3. The SMILES string of the molecule is O=C(O)CC(NC(=O)c1ccc(N/N=C/c2ccccc2S(=O)(=O)O)nc1)C(=O)NCCCCCCOc1cc(-c2ccccc2)cc(-c2ccccc2)n1. The number of hydrogen-bond acceptors (Lipinski definition) is 10. The van der Waals surface area contributed by atoms with E-state index in [0.29, 0.717) is 25.5 Å². The van der Waals surface area contributed by atoms with E-state index in [1.807, 2.05) is 72.8 Å². The highest BCUT2D eigenvalue weighted by atomic mass is 32.2. The molecule has 0 spiro atoms. The molecule has 0 saturated carbocycles. The second-order valence-corrected chi connectivity index (χ2v) is 13.7. The van der Waals surface area contributed by atoms with E-state index in [1.165, 1.54) is 42.7 Å². The van der Waals surface area contributed by atoms with Crippen LogP contribution in [0.3, 0.4) is 0 Å². The number of anilines is 1. The van der Waals surface area contributed by atoms with Crippen LogP contribution in [0, 0.1) is 0 Å². The number of pyridine rings is 2. The Kier molecular flexibility index (Phi) is 14.1. The average molecular weight is 765 g/mol. The Hall–Kier alpha value is -6.45. The average Bonchev–Trinajstić information content (AvgIpc) is 3.19. The first-order chi connectivity index (χ1) is 26.6. The van der Waals surface area contributed by atoms with Crippen molar-refractivity contribution in [3.63, 3.8) is 0 Å². The number of benzene rings is 3. The number of carbonyl (C=O) groups is 3. The summed E-state index contributed by atoms with van der Waals surface area (Å²) in [5.74, 6) is -1.84. The molecule has 284 valence electrons. The van der Waals surface area contributed by atoms with E-state index in [2.05, 4.69) is 26.1 Å². The molecule has 5 aromatic rings.